The molecule has 7 nitrogen and oxygen atoms in total. The van der Waals surface area contributed by atoms with Crippen molar-refractivity contribution in [1.29, 1.82) is 0 Å². The molecule has 0 aromatic heterocycles. The molecular formula is C14H19N3O4S. The maximum Gasteiger partial charge on any atom is 0.273 e. The van der Waals surface area contributed by atoms with Crippen LogP contribution >= 0.6 is 0 Å². The number of sulfonamides is 1. The van der Waals surface area contributed by atoms with Gasteiger partial charge in [0.15, 0.2) is 0 Å². The van der Waals surface area contributed by atoms with Crippen LogP contribution < -0.4 is 5.73 Å². The zero-order chi connectivity index (χ0) is 16.1. The van der Waals surface area contributed by atoms with Gasteiger partial charge in [-0.05, 0) is 37.7 Å². The van der Waals surface area contributed by atoms with E-state index in [1.54, 1.807) is 0 Å². The minimum absolute atomic E-state index is 0.0234. The first-order valence-electron chi connectivity index (χ1n) is 7.32. The minimum atomic E-state index is -3.72. The summed E-state index contributed by atoms with van der Waals surface area (Å²) < 4.78 is 27.1. The van der Waals surface area contributed by atoms with Crippen molar-refractivity contribution in [3.8, 4) is 0 Å². The van der Waals surface area contributed by atoms with Gasteiger partial charge in [-0.2, -0.15) is 4.31 Å². The van der Waals surface area contributed by atoms with Crippen LogP contribution in [-0.4, -0.2) is 36.8 Å². The topological polar surface area (TPSA) is 107 Å². The second-order valence-corrected chi connectivity index (χ2v) is 8.05. The van der Waals surface area contributed by atoms with Gasteiger partial charge in [0.05, 0.1) is 9.82 Å². The van der Waals surface area contributed by atoms with Gasteiger partial charge in [0.1, 0.15) is 0 Å². The monoisotopic (exact) mass is 325 g/mol. The van der Waals surface area contributed by atoms with Crippen molar-refractivity contribution in [1.82, 2.24) is 4.31 Å². The molecule has 0 spiro atoms. The maximum absolute atomic E-state index is 12.8. The standard InChI is InChI=1S/C14H19N3O4S/c1-9-13(17(18)19)3-2-4-14(9)22(20,21)16-7-10-5-6-12(15)11(10)8-16/h2-4,10-12H,5-8,15H2,1H3. The van der Waals surface area contributed by atoms with Crippen molar-refractivity contribution >= 4 is 15.7 Å². The Kier molecular flexibility index (Phi) is 3.70. The number of nitrogens with two attached hydrogens (primary N) is 1. The highest BCUT2D eigenvalue weighted by Crippen LogP contribution is 2.40. The summed E-state index contributed by atoms with van der Waals surface area (Å²) >= 11 is 0. The molecule has 1 aromatic carbocycles. The molecule has 120 valence electrons. The van der Waals surface area contributed by atoms with E-state index in [-0.39, 0.29) is 28.1 Å². The van der Waals surface area contributed by atoms with E-state index in [9.17, 15) is 18.5 Å². The predicted octanol–water partition coefficient (Wildman–Crippen LogP) is 1.26. The Hall–Kier alpha value is -1.51. The fourth-order valence-corrected chi connectivity index (χ4v) is 5.46. The van der Waals surface area contributed by atoms with Crippen LogP contribution in [0.25, 0.3) is 0 Å². The lowest BCUT2D eigenvalue weighted by Crippen LogP contribution is -2.33. The van der Waals surface area contributed by atoms with Crippen molar-refractivity contribution < 1.29 is 13.3 Å². The SMILES string of the molecule is Cc1c([N+](=O)[O-])cccc1S(=O)(=O)N1CC2CCC(N)C2C1. The molecule has 3 unspecified atom stereocenters. The van der Waals surface area contributed by atoms with Crippen LogP contribution in [0.5, 0.6) is 0 Å². The molecule has 2 fully saturated rings. The summed E-state index contributed by atoms with van der Waals surface area (Å²) in [7, 11) is -3.72. The summed E-state index contributed by atoms with van der Waals surface area (Å²) in [4.78, 5) is 10.5. The van der Waals surface area contributed by atoms with Gasteiger partial charge in [-0.15, -0.1) is 0 Å². The van der Waals surface area contributed by atoms with E-state index in [0.29, 0.717) is 19.0 Å². The van der Waals surface area contributed by atoms with E-state index >= 15 is 0 Å². The molecule has 1 aromatic rings. The highest BCUT2D eigenvalue weighted by atomic mass is 32.2. The Morgan fingerprint density at radius 3 is 2.68 bits per heavy atom. The Balaban J connectivity index is 1.95. The lowest BCUT2D eigenvalue weighted by atomic mass is 9.98. The highest BCUT2D eigenvalue weighted by molar-refractivity contribution is 7.89. The van der Waals surface area contributed by atoms with Crippen molar-refractivity contribution in [2.24, 2.45) is 17.6 Å². The molecule has 2 aliphatic rings. The molecule has 0 radical (unpaired) electrons. The maximum atomic E-state index is 12.8. The zero-order valence-electron chi connectivity index (χ0n) is 12.3. The van der Waals surface area contributed by atoms with Crippen molar-refractivity contribution in [3.63, 3.8) is 0 Å². The van der Waals surface area contributed by atoms with Gasteiger partial charge < -0.3 is 5.73 Å². The second kappa shape index (κ2) is 5.29. The number of nitro groups is 1. The third kappa shape index (κ3) is 2.31. The van der Waals surface area contributed by atoms with Crippen LogP contribution in [0.4, 0.5) is 5.69 Å². The molecule has 22 heavy (non-hydrogen) atoms. The van der Waals surface area contributed by atoms with E-state index in [4.69, 9.17) is 5.73 Å². The van der Waals surface area contributed by atoms with E-state index in [2.05, 4.69) is 0 Å². The van der Waals surface area contributed by atoms with Crippen LogP contribution in [-0.2, 0) is 10.0 Å². The van der Waals surface area contributed by atoms with Crippen molar-refractivity contribution in [2.75, 3.05) is 13.1 Å². The van der Waals surface area contributed by atoms with Crippen LogP contribution in [0, 0.1) is 28.9 Å². The fraction of sp³-hybridized carbons (Fsp3) is 0.571. The summed E-state index contributed by atoms with van der Waals surface area (Å²) in [5, 5.41) is 11.0. The number of rotatable bonds is 3. The van der Waals surface area contributed by atoms with Crippen LogP contribution in [0.3, 0.4) is 0 Å². The van der Waals surface area contributed by atoms with Gasteiger partial charge >= 0.3 is 0 Å². The van der Waals surface area contributed by atoms with Gasteiger partial charge in [0, 0.05) is 30.8 Å². The zero-order valence-corrected chi connectivity index (χ0v) is 13.1. The molecular weight excluding hydrogens is 306 g/mol. The average Bonchev–Trinajstić information content (AvgIpc) is 3.01. The van der Waals surface area contributed by atoms with Crippen LogP contribution in [0.15, 0.2) is 23.1 Å². The van der Waals surface area contributed by atoms with E-state index in [1.807, 2.05) is 0 Å². The third-order valence-electron chi connectivity index (χ3n) is 4.95. The number of nitro benzene ring substituents is 1. The molecule has 1 heterocycles. The van der Waals surface area contributed by atoms with E-state index in [0.717, 1.165) is 12.8 Å². The molecule has 0 bridgehead atoms. The molecule has 1 aliphatic carbocycles. The molecule has 1 saturated carbocycles. The van der Waals surface area contributed by atoms with Gasteiger partial charge in [-0.1, -0.05) is 6.07 Å². The molecule has 2 N–H and O–H groups in total. The average molecular weight is 325 g/mol. The predicted molar refractivity (Wildman–Crippen MR) is 80.8 cm³/mol. The van der Waals surface area contributed by atoms with Crippen molar-refractivity contribution in [2.45, 2.75) is 30.7 Å². The largest absolute Gasteiger partial charge is 0.327 e. The highest BCUT2D eigenvalue weighted by Gasteiger charge is 2.45. The number of hydrogen-bond acceptors (Lipinski definition) is 5. The number of nitrogens with zero attached hydrogens (tertiary/aromatic N) is 2. The summed E-state index contributed by atoms with van der Waals surface area (Å²) in [5.74, 6) is 0.512. The molecule has 1 aliphatic heterocycles. The van der Waals surface area contributed by atoms with E-state index < -0.39 is 14.9 Å². The summed E-state index contributed by atoms with van der Waals surface area (Å²) in [6, 6.07) is 4.23. The van der Waals surface area contributed by atoms with Gasteiger partial charge in [-0.3, -0.25) is 10.1 Å². The lowest BCUT2D eigenvalue weighted by molar-refractivity contribution is -0.385. The summed E-state index contributed by atoms with van der Waals surface area (Å²) in [6.45, 7) is 2.35. The van der Waals surface area contributed by atoms with Crippen molar-refractivity contribution in [3.05, 3.63) is 33.9 Å². The molecule has 3 atom stereocenters. The summed E-state index contributed by atoms with van der Waals surface area (Å²) in [5.41, 5.74) is 6.07. The second-order valence-electron chi connectivity index (χ2n) is 6.14. The third-order valence-corrected chi connectivity index (χ3v) is 6.92. The molecule has 1 saturated heterocycles. The first-order valence-corrected chi connectivity index (χ1v) is 8.76. The number of hydrogen-bond donors (Lipinski definition) is 1. The van der Waals surface area contributed by atoms with Gasteiger partial charge in [0.2, 0.25) is 10.0 Å². The summed E-state index contributed by atoms with van der Waals surface area (Å²) in [6.07, 6.45) is 1.89. The molecule has 8 heteroatoms. The van der Waals surface area contributed by atoms with Gasteiger partial charge in [-0.25, -0.2) is 8.42 Å². The minimum Gasteiger partial charge on any atom is -0.327 e. The number of fused-ring (bicyclic) bond motifs is 1. The number of benzene rings is 1. The lowest BCUT2D eigenvalue weighted by Gasteiger charge is -2.19. The fourth-order valence-electron chi connectivity index (χ4n) is 3.68. The van der Waals surface area contributed by atoms with Crippen LogP contribution in [0.2, 0.25) is 0 Å². The Labute approximate surface area is 129 Å². The normalized spacial score (nSPS) is 28.7. The Morgan fingerprint density at radius 2 is 2.05 bits per heavy atom. The Bertz CT molecular complexity index is 719. The Morgan fingerprint density at radius 1 is 1.32 bits per heavy atom. The quantitative estimate of drug-likeness (QED) is 0.665. The first-order chi connectivity index (χ1) is 10.3. The van der Waals surface area contributed by atoms with Crippen LogP contribution in [0.1, 0.15) is 18.4 Å². The smallest absolute Gasteiger partial charge is 0.273 e. The van der Waals surface area contributed by atoms with Gasteiger partial charge in [0.25, 0.3) is 5.69 Å². The molecule has 3 rings (SSSR count). The first kappa shape index (κ1) is 15.4. The molecule has 0 amide bonds. The van der Waals surface area contributed by atoms with E-state index in [1.165, 1.54) is 29.4 Å².